The summed E-state index contributed by atoms with van der Waals surface area (Å²) < 4.78 is 8.35. The topological polar surface area (TPSA) is 68.1 Å². The summed E-state index contributed by atoms with van der Waals surface area (Å²) in [4.78, 5) is 16.4. The molecule has 0 unspecified atom stereocenters. The zero-order chi connectivity index (χ0) is 23.1. The van der Waals surface area contributed by atoms with Crippen LogP contribution >= 0.6 is 11.6 Å². The van der Waals surface area contributed by atoms with Gasteiger partial charge in [0, 0.05) is 37.4 Å². The molecule has 2 aromatic heterocycles. The van der Waals surface area contributed by atoms with E-state index in [1.54, 1.807) is 6.33 Å². The third-order valence-electron chi connectivity index (χ3n) is 6.65. The van der Waals surface area contributed by atoms with Crippen molar-refractivity contribution in [2.75, 3.05) is 31.1 Å². The van der Waals surface area contributed by atoms with Crippen LogP contribution in [0.25, 0.3) is 22.6 Å². The van der Waals surface area contributed by atoms with Crippen molar-refractivity contribution >= 4 is 28.5 Å². The fraction of sp³-hybridized carbons (Fsp3) is 0.346. The van der Waals surface area contributed by atoms with E-state index in [1.165, 1.54) is 0 Å². The highest BCUT2D eigenvalue weighted by Crippen LogP contribution is 2.41. The van der Waals surface area contributed by atoms with Gasteiger partial charge in [0.1, 0.15) is 17.8 Å². The number of hydrogen-bond acceptors (Lipinski definition) is 6. The van der Waals surface area contributed by atoms with Crippen molar-refractivity contribution in [2.24, 2.45) is 0 Å². The Bertz CT molecular complexity index is 1330. The van der Waals surface area contributed by atoms with Gasteiger partial charge in [0.05, 0.1) is 11.6 Å². The number of anilines is 1. The van der Waals surface area contributed by atoms with Crippen LogP contribution in [0.3, 0.4) is 0 Å². The van der Waals surface area contributed by atoms with Crippen LogP contribution in [-0.2, 0) is 6.54 Å². The number of aromatic nitrogens is 4. The molecular weight excluding hydrogens is 448 g/mol. The standard InChI is InChI=1S/C26H27ClN6O/c1-26(9-10-26)34-25-22-24(29-17-30-25)33(16-18-5-3-2-4-6-18)23(31-22)20-8-7-19(15-21(20)27)32-13-11-28-12-14-32/h2-8,15,17,28H,9-14,16H2,1H3. The minimum atomic E-state index is -0.159. The van der Waals surface area contributed by atoms with Crippen LogP contribution < -0.4 is 15.0 Å². The number of nitrogens with one attached hydrogen (secondary N) is 1. The zero-order valence-electron chi connectivity index (χ0n) is 19.2. The van der Waals surface area contributed by atoms with Crippen molar-refractivity contribution in [3.8, 4) is 17.3 Å². The first-order chi connectivity index (χ1) is 16.6. The van der Waals surface area contributed by atoms with Crippen molar-refractivity contribution in [1.29, 1.82) is 0 Å². The van der Waals surface area contributed by atoms with E-state index in [1.807, 2.05) is 24.3 Å². The molecule has 1 aliphatic carbocycles. The first kappa shape index (κ1) is 21.4. The maximum absolute atomic E-state index is 6.88. The maximum atomic E-state index is 6.88. The molecule has 7 nitrogen and oxygen atoms in total. The second-order valence-corrected chi connectivity index (χ2v) is 9.72. The SMILES string of the molecule is CC1(Oc2ncnc3c2nc(-c2ccc(N4CCNCC4)cc2Cl)n3Cc2ccccc2)CC1. The monoisotopic (exact) mass is 474 g/mol. The molecule has 0 atom stereocenters. The van der Waals surface area contributed by atoms with Crippen molar-refractivity contribution < 1.29 is 4.74 Å². The molecule has 1 saturated heterocycles. The average Bonchev–Trinajstić information content (AvgIpc) is 3.48. The molecule has 1 saturated carbocycles. The van der Waals surface area contributed by atoms with Gasteiger partial charge >= 0.3 is 0 Å². The summed E-state index contributed by atoms with van der Waals surface area (Å²) in [6, 6.07) is 16.6. The molecular formula is C26H27ClN6O. The Morgan fingerprint density at radius 3 is 2.59 bits per heavy atom. The van der Waals surface area contributed by atoms with Gasteiger partial charge in [-0.25, -0.2) is 9.97 Å². The van der Waals surface area contributed by atoms with Crippen LogP contribution in [0, 0.1) is 0 Å². The number of benzene rings is 2. The second-order valence-electron chi connectivity index (χ2n) is 9.31. The summed E-state index contributed by atoms with van der Waals surface area (Å²) >= 11 is 6.88. The Kier molecular flexibility index (Phi) is 5.38. The van der Waals surface area contributed by atoms with Gasteiger partial charge in [-0.15, -0.1) is 0 Å². The van der Waals surface area contributed by atoms with E-state index in [9.17, 15) is 0 Å². The highest BCUT2D eigenvalue weighted by molar-refractivity contribution is 6.33. The van der Waals surface area contributed by atoms with Crippen LogP contribution in [0.5, 0.6) is 5.88 Å². The van der Waals surface area contributed by atoms with E-state index in [-0.39, 0.29) is 5.60 Å². The predicted octanol–water partition coefficient (Wildman–Crippen LogP) is 4.54. The largest absolute Gasteiger partial charge is 0.470 e. The predicted molar refractivity (Wildman–Crippen MR) is 135 cm³/mol. The smallest absolute Gasteiger partial charge is 0.245 e. The lowest BCUT2D eigenvalue weighted by Gasteiger charge is -2.29. The van der Waals surface area contributed by atoms with Gasteiger partial charge in [0.15, 0.2) is 11.2 Å². The molecule has 6 rings (SSSR count). The third-order valence-corrected chi connectivity index (χ3v) is 6.97. The van der Waals surface area contributed by atoms with Gasteiger partial charge in [-0.05, 0) is 43.5 Å². The van der Waals surface area contributed by atoms with Gasteiger partial charge in [-0.2, -0.15) is 4.98 Å². The van der Waals surface area contributed by atoms with Crippen molar-refractivity contribution in [2.45, 2.75) is 31.9 Å². The number of rotatable bonds is 6. The molecule has 0 amide bonds. The Balaban J connectivity index is 1.46. The zero-order valence-corrected chi connectivity index (χ0v) is 19.9. The van der Waals surface area contributed by atoms with E-state index in [4.69, 9.17) is 21.3 Å². The fourth-order valence-electron chi connectivity index (χ4n) is 4.43. The molecule has 0 bridgehead atoms. The number of ether oxygens (including phenoxy) is 1. The molecule has 2 aromatic carbocycles. The molecule has 3 heterocycles. The lowest BCUT2D eigenvalue weighted by molar-refractivity contribution is 0.194. The van der Waals surface area contributed by atoms with E-state index in [0.29, 0.717) is 23.0 Å². The Morgan fingerprint density at radius 1 is 1.06 bits per heavy atom. The number of hydrogen-bond donors (Lipinski definition) is 1. The molecule has 0 radical (unpaired) electrons. The van der Waals surface area contributed by atoms with Gasteiger partial charge in [-0.1, -0.05) is 41.9 Å². The van der Waals surface area contributed by atoms with Crippen LogP contribution in [0.15, 0.2) is 54.9 Å². The number of nitrogens with zero attached hydrogens (tertiary/aromatic N) is 5. The molecule has 8 heteroatoms. The van der Waals surface area contributed by atoms with E-state index >= 15 is 0 Å². The molecule has 1 N–H and O–H groups in total. The van der Waals surface area contributed by atoms with Gasteiger partial charge in [-0.3, -0.25) is 0 Å². The average molecular weight is 475 g/mol. The lowest BCUT2D eigenvalue weighted by atomic mass is 10.1. The van der Waals surface area contributed by atoms with Gasteiger partial charge < -0.3 is 19.5 Å². The summed E-state index contributed by atoms with van der Waals surface area (Å²) in [6.45, 7) is 6.62. The summed E-state index contributed by atoms with van der Waals surface area (Å²) in [5.74, 6) is 1.30. The number of imidazole rings is 1. The van der Waals surface area contributed by atoms with Gasteiger partial charge in [0.25, 0.3) is 0 Å². The fourth-order valence-corrected chi connectivity index (χ4v) is 4.69. The van der Waals surface area contributed by atoms with Crippen LogP contribution in [0.2, 0.25) is 5.02 Å². The number of fused-ring (bicyclic) bond motifs is 1. The number of piperazine rings is 1. The Labute approximate surface area is 203 Å². The molecule has 174 valence electrons. The number of halogens is 1. The Morgan fingerprint density at radius 2 is 1.85 bits per heavy atom. The maximum Gasteiger partial charge on any atom is 0.245 e. The molecule has 4 aromatic rings. The minimum absolute atomic E-state index is 0.159. The first-order valence-corrected chi connectivity index (χ1v) is 12.2. The van der Waals surface area contributed by atoms with E-state index in [2.05, 4.69) is 55.9 Å². The quantitative estimate of drug-likeness (QED) is 0.442. The van der Waals surface area contributed by atoms with Gasteiger partial charge in [0.2, 0.25) is 5.88 Å². The van der Waals surface area contributed by atoms with Crippen LogP contribution in [-0.4, -0.2) is 51.3 Å². The van der Waals surface area contributed by atoms with E-state index < -0.39 is 0 Å². The molecule has 1 aliphatic heterocycles. The van der Waals surface area contributed by atoms with Crippen molar-refractivity contribution in [3.63, 3.8) is 0 Å². The highest BCUT2D eigenvalue weighted by atomic mass is 35.5. The highest BCUT2D eigenvalue weighted by Gasteiger charge is 2.41. The Hall–Kier alpha value is -3.16. The molecule has 2 fully saturated rings. The molecule has 0 spiro atoms. The summed E-state index contributed by atoms with van der Waals surface area (Å²) in [6.07, 6.45) is 3.61. The van der Waals surface area contributed by atoms with Crippen molar-refractivity contribution in [1.82, 2.24) is 24.8 Å². The molecule has 34 heavy (non-hydrogen) atoms. The lowest BCUT2D eigenvalue weighted by Crippen LogP contribution is -2.43. The summed E-state index contributed by atoms with van der Waals surface area (Å²) in [5.41, 5.74) is 4.42. The summed E-state index contributed by atoms with van der Waals surface area (Å²) in [5, 5.41) is 4.07. The summed E-state index contributed by atoms with van der Waals surface area (Å²) in [7, 11) is 0. The van der Waals surface area contributed by atoms with Crippen LogP contribution in [0.1, 0.15) is 25.3 Å². The van der Waals surface area contributed by atoms with Crippen molar-refractivity contribution in [3.05, 3.63) is 65.4 Å². The van der Waals surface area contributed by atoms with E-state index in [0.717, 1.165) is 67.3 Å². The molecule has 2 aliphatic rings. The second kappa shape index (κ2) is 8.56. The third kappa shape index (κ3) is 4.10. The van der Waals surface area contributed by atoms with Crippen LogP contribution in [0.4, 0.5) is 5.69 Å². The minimum Gasteiger partial charge on any atom is -0.470 e. The normalized spacial score (nSPS) is 17.2. The first-order valence-electron chi connectivity index (χ1n) is 11.8.